The highest BCUT2D eigenvalue weighted by molar-refractivity contribution is 7.99. The molecule has 0 unspecified atom stereocenters. The van der Waals surface area contributed by atoms with Crippen molar-refractivity contribution in [3.8, 4) is 11.4 Å². The topological polar surface area (TPSA) is 115 Å². The predicted octanol–water partition coefficient (Wildman–Crippen LogP) is 5.44. The molecule has 0 saturated carbocycles. The molecule has 9 nitrogen and oxygen atoms in total. The number of hydrogen-bond acceptors (Lipinski definition) is 7. The molecule has 35 heavy (non-hydrogen) atoms. The summed E-state index contributed by atoms with van der Waals surface area (Å²) in [5.74, 6) is 0.267. The van der Waals surface area contributed by atoms with E-state index in [0.717, 1.165) is 5.56 Å². The van der Waals surface area contributed by atoms with E-state index in [0.29, 0.717) is 38.6 Å². The van der Waals surface area contributed by atoms with Crippen LogP contribution in [0.3, 0.4) is 0 Å². The molecule has 0 aliphatic carbocycles. The summed E-state index contributed by atoms with van der Waals surface area (Å²) in [4.78, 5) is 23.8. The van der Waals surface area contributed by atoms with Gasteiger partial charge in [0.05, 0.1) is 11.1 Å². The van der Waals surface area contributed by atoms with E-state index in [-0.39, 0.29) is 5.69 Å². The number of amides is 1. The Bertz CT molecular complexity index is 1410. The van der Waals surface area contributed by atoms with Crippen molar-refractivity contribution in [2.45, 2.75) is 23.5 Å². The van der Waals surface area contributed by atoms with E-state index >= 15 is 0 Å². The van der Waals surface area contributed by atoms with Crippen LogP contribution in [-0.4, -0.2) is 31.8 Å². The quantitative estimate of drug-likeness (QED) is 0.193. The molecule has 0 spiro atoms. The lowest BCUT2D eigenvalue weighted by Gasteiger charge is -2.09. The van der Waals surface area contributed by atoms with Gasteiger partial charge in [-0.2, -0.15) is 5.10 Å². The molecule has 1 aromatic heterocycles. The van der Waals surface area contributed by atoms with Crippen molar-refractivity contribution < 1.29 is 9.72 Å². The molecule has 0 radical (unpaired) electrons. The number of nitrogens with one attached hydrogen (secondary N) is 1. The number of benzene rings is 3. The Balaban J connectivity index is 1.63. The molecule has 0 atom stereocenters. The fourth-order valence-corrected chi connectivity index (χ4v) is 4.41. The molecule has 0 saturated heterocycles. The summed E-state index contributed by atoms with van der Waals surface area (Å²) in [6.45, 7) is 2.57. The number of nitro groups is 1. The Labute approximate surface area is 210 Å². The summed E-state index contributed by atoms with van der Waals surface area (Å²) < 4.78 is 1.93. The highest BCUT2D eigenvalue weighted by Gasteiger charge is 2.17. The molecule has 0 bridgehead atoms. The Morgan fingerprint density at radius 1 is 1.14 bits per heavy atom. The van der Waals surface area contributed by atoms with Crippen molar-refractivity contribution in [1.29, 1.82) is 0 Å². The fourth-order valence-electron chi connectivity index (χ4n) is 3.25. The van der Waals surface area contributed by atoms with E-state index in [1.807, 2.05) is 29.7 Å². The standard InChI is InChI=1S/C24H19ClN6O3S/c1-2-30-22(17-9-6-10-19(25)13-17)27-29-24(30)35-21-12-11-20(31(33)34)14-18(21)15-26-28-23(32)16-7-4-3-5-8-16/h3-15H,2H2,1H3,(H,28,32)/b26-15-. The lowest BCUT2D eigenvalue weighted by molar-refractivity contribution is -0.384. The smallest absolute Gasteiger partial charge is 0.271 e. The van der Waals surface area contributed by atoms with Gasteiger partial charge in [-0.25, -0.2) is 5.43 Å². The molecular formula is C24H19ClN6O3S. The highest BCUT2D eigenvalue weighted by Crippen LogP contribution is 2.33. The van der Waals surface area contributed by atoms with Crippen molar-refractivity contribution in [2.75, 3.05) is 0 Å². The number of nitro benzene ring substituents is 1. The average Bonchev–Trinajstić information content (AvgIpc) is 3.27. The molecule has 11 heteroatoms. The first kappa shape index (κ1) is 24.1. The van der Waals surface area contributed by atoms with Crippen LogP contribution >= 0.6 is 23.4 Å². The van der Waals surface area contributed by atoms with Gasteiger partial charge >= 0.3 is 0 Å². The van der Waals surface area contributed by atoms with Crippen molar-refractivity contribution in [3.63, 3.8) is 0 Å². The average molecular weight is 507 g/mol. The second kappa shape index (κ2) is 10.9. The molecule has 176 valence electrons. The molecule has 0 aliphatic rings. The van der Waals surface area contributed by atoms with Gasteiger partial charge in [0.2, 0.25) is 0 Å². The van der Waals surface area contributed by atoms with E-state index in [9.17, 15) is 14.9 Å². The Morgan fingerprint density at radius 2 is 1.94 bits per heavy atom. The number of hydrazone groups is 1. The highest BCUT2D eigenvalue weighted by atomic mass is 35.5. The second-order valence-corrected chi connectivity index (χ2v) is 8.65. The van der Waals surface area contributed by atoms with Crippen LogP contribution in [0.25, 0.3) is 11.4 Å². The molecule has 0 fully saturated rings. The van der Waals surface area contributed by atoms with Crippen LogP contribution in [0.15, 0.2) is 87.9 Å². The van der Waals surface area contributed by atoms with Crippen LogP contribution in [0.1, 0.15) is 22.8 Å². The molecule has 1 N–H and O–H groups in total. The van der Waals surface area contributed by atoms with Crippen molar-refractivity contribution >= 4 is 41.2 Å². The first-order chi connectivity index (χ1) is 17.0. The van der Waals surface area contributed by atoms with Gasteiger partial charge in [0.25, 0.3) is 11.6 Å². The van der Waals surface area contributed by atoms with Crippen LogP contribution in [0, 0.1) is 10.1 Å². The lowest BCUT2D eigenvalue weighted by Crippen LogP contribution is -2.17. The predicted molar refractivity (Wildman–Crippen MR) is 135 cm³/mol. The number of aromatic nitrogens is 3. The Morgan fingerprint density at radius 3 is 2.66 bits per heavy atom. The van der Waals surface area contributed by atoms with E-state index in [2.05, 4.69) is 20.7 Å². The Kier molecular flexibility index (Phi) is 7.54. The van der Waals surface area contributed by atoms with Gasteiger partial charge in [0, 0.05) is 45.3 Å². The number of non-ortho nitro benzene ring substituents is 1. The minimum atomic E-state index is -0.486. The summed E-state index contributed by atoms with van der Waals surface area (Å²) >= 11 is 7.43. The van der Waals surface area contributed by atoms with Gasteiger partial charge in [0.1, 0.15) is 0 Å². The summed E-state index contributed by atoms with van der Waals surface area (Å²) in [5, 5.41) is 25.2. The normalized spacial score (nSPS) is 11.0. The first-order valence-corrected chi connectivity index (χ1v) is 11.7. The summed E-state index contributed by atoms with van der Waals surface area (Å²) in [6.07, 6.45) is 1.38. The largest absolute Gasteiger partial charge is 0.302 e. The van der Waals surface area contributed by atoms with Gasteiger partial charge in [-0.1, -0.05) is 41.9 Å². The van der Waals surface area contributed by atoms with Crippen LogP contribution in [-0.2, 0) is 6.54 Å². The van der Waals surface area contributed by atoms with Crippen molar-refractivity contribution in [3.05, 3.63) is 99.1 Å². The van der Waals surface area contributed by atoms with Crippen LogP contribution in [0.4, 0.5) is 5.69 Å². The van der Waals surface area contributed by atoms with E-state index in [4.69, 9.17) is 11.6 Å². The van der Waals surface area contributed by atoms with Crippen molar-refractivity contribution in [1.82, 2.24) is 20.2 Å². The maximum absolute atomic E-state index is 12.3. The minimum absolute atomic E-state index is 0.0956. The first-order valence-electron chi connectivity index (χ1n) is 10.5. The number of carbonyl (C=O) groups excluding carboxylic acids is 1. The molecular weight excluding hydrogens is 488 g/mol. The van der Waals surface area contributed by atoms with Crippen LogP contribution < -0.4 is 5.43 Å². The number of halogens is 1. The monoisotopic (exact) mass is 506 g/mol. The van der Waals surface area contributed by atoms with Gasteiger partial charge in [-0.3, -0.25) is 14.9 Å². The lowest BCUT2D eigenvalue weighted by atomic mass is 10.2. The zero-order valence-corrected chi connectivity index (χ0v) is 20.0. The SMILES string of the molecule is CCn1c(Sc2ccc([N+](=O)[O-])cc2/C=N\NC(=O)c2ccccc2)nnc1-c1cccc(Cl)c1. The molecule has 3 aromatic carbocycles. The number of hydrogen-bond donors (Lipinski definition) is 1. The molecule has 4 aromatic rings. The van der Waals surface area contributed by atoms with Gasteiger partial charge in [0.15, 0.2) is 11.0 Å². The fraction of sp³-hybridized carbons (Fsp3) is 0.0833. The summed E-state index contributed by atoms with van der Waals surface area (Å²) in [6, 6.07) is 20.4. The van der Waals surface area contributed by atoms with E-state index < -0.39 is 10.8 Å². The minimum Gasteiger partial charge on any atom is -0.302 e. The summed E-state index contributed by atoms with van der Waals surface area (Å²) in [5.41, 5.74) is 4.08. The summed E-state index contributed by atoms with van der Waals surface area (Å²) in [7, 11) is 0. The van der Waals surface area contributed by atoms with Gasteiger partial charge < -0.3 is 4.57 Å². The maximum atomic E-state index is 12.3. The Hall–Kier alpha value is -4.02. The zero-order valence-electron chi connectivity index (χ0n) is 18.5. The maximum Gasteiger partial charge on any atom is 0.271 e. The van der Waals surface area contributed by atoms with Gasteiger partial charge in [-0.15, -0.1) is 10.2 Å². The third kappa shape index (κ3) is 5.73. The molecule has 1 amide bonds. The van der Waals surface area contributed by atoms with Crippen LogP contribution in [0.2, 0.25) is 5.02 Å². The second-order valence-electron chi connectivity index (χ2n) is 7.21. The van der Waals surface area contributed by atoms with Gasteiger partial charge in [-0.05, 0) is 49.0 Å². The van der Waals surface area contributed by atoms with E-state index in [1.165, 1.54) is 30.1 Å². The molecule has 4 rings (SSSR count). The number of nitrogens with zero attached hydrogens (tertiary/aromatic N) is 5. The third-order valence-electron chi connectivity index (χ3n) is 4.93. The zero-order chi connectivity index (χ0) is 24.8. The number of carbonyl (C=O) groups is 1. The van der Waals surface area contributed by atoms with E-state index in [1.54, 1.807) is 42.5 Å². The van der Waals surface area contributed by atoms with Crippen molar-refractivity contribution in [2.24, 2.45) is 5.10 Å². The van der Waals surface area contributed by atoms with Crippen LogP contribution in [0.5, 0.6) is 0 Å². The number of rotatable bonds is 8. The molecule has 1 heterocycles. The molecule has 0 aliphatic heterocycles. The third-order valence-corrected chi connectivity index (χ3v) is 6.24.